The van der Waals surface area contributed by atoms with Crippen LogP contribution >= 0.6 is 0 Å². The molecule has 19 heavy (non-hydrogen) atoms. The van der Waals surface area contributed by atoms with Crippen molar-refractivity contribution < 1.29 is 38.5 Å². The van der Waals surface area contributed by atoms with Crippen molar-refractivity contribution in [3.63, 3.8) is 0 Å². The molecule has 1 N–H and O–H groups in total. The predicted octanol–water partition coefficient (Wildman–Crippen LogP) is -2.34. The third kappa shape index (κ3) is 27.3. The molecule has 0 rings (SSSR count). The van der Waals surface area contributed by atoms with Crippen molar-refractivity contribution in [2.45, 2.75) is 45.4 Å². The molecule has 0 spiro atoms. The second kappa shape index (κ2) is 11.8. The first-order valence-corrected chi connectivity index (χ1v) is 7.90. The fraction of sp³-hybridized carbons (Fsp3) is 1.00. The molecular weight excluding hydrogens is 274 g/mol. The molecule has 0 fully saturated rings. The maximum Gasteiger partial charge on any atom is 0.102 e. The van der Waals surface area contributed by atoms with E-state index in [-0.39, 0.29) is 0 Å². The SMILES string of the molecule is CCCCCCCC[N+](C)(C)CCO.[O-][Cl+3]([O-])([O-])[O-]. The van der Waals surface area contributed by atoms with Crippen LogP contribution < -0.4 is 18.6 Å². The molecule has 0 atom stereocenters. The lowest BCUT2D eigenvalue weighted by Crippen LogP contribution is -2.68. The van der Waals surface area contributed by atoms with E-state index in [4.69, 9.17) is 23.7 Å². The van der Waals surface area contributed by atoms with Gasteiger partial charge in [0.2, 0.25) is 0 Å². The highest BCUT2D eigenvalue weighted by atomic mass is 35.7. The van der Waals surface area contributed by atoms with Gasteiger partial charge >= 0.3 is 0 Å². The summed E-state index contributed by atoms with van der Waals surface area (Å²) in [6.45, 7) is 4.64. The molecule has 0 bridgehead atoms. The number of hydrogen-bond acceptors (Lipinski definition) is 5. The number of unbranched alkanes of at least 4 members (excludes halogenated alkanes) is 5. The van der Waals surface area contributed by atoms with Gasteiger partial charge in [-0.25, -0.2) is 18.6 Å². The van der Waals surface area contributed by atoms with Crippen molar-refractivity contribution >= 4 is 0 Å². The quantitative estimate of drug-likeness (QED) is 0.379. The van der Waals surface area contributed by atoms with Crippen LogP contribution in [0.1, 0.15) is 45.4 Å². The molecule has 0 amide bonds. The Labute approximate surface area is 118 Å². The summed E-state index contributed by atoms with van der Waals surface area (Å²) in [5.41, 5.74) is 0. The van der Waals surface area contributed by atoms with Crippen LogP contribution in [0.25, 0.3) is 0 Å². The number of rotatable bonds is 9. The summed E-state index contributed by atoms with van der Waals surface area (Å²) in [7, 11) is -0.551. The van der Waals surface area contributed by atoms with Crippen LogP contribution in [0.2, 0.25) is 0 Å². The van der Waals surface area contributed by atoms with Crippen molar-refractivity contribution in [3.8, 4) is 0 Å². The van der Waals surface area contributed by atoms with Gasteiger partial charge in [0.1, 0.15) is 6.54 Å². The van der Waals surface area contributed by atoms with E-state index in [1.807, 2.05) is 0 Å². The Balaban J connectivity index is 0. The van der Waals surface area contributed by atoms with E-state index in [0.29, 0.717) is 6.61 Å². The van der Waals surface area contributed by atoms with Crippen molar-refractivity contribution in [2.24, 2.45) is 0 Å². The van der Waals surface area contributed by atoms with Gasteiger partial charge in [0.05, 0.1) is 27.2 Å². The van der Waals surface area contributed by atoms with Gasteiger partial charge in [-0.1, -0.05) is 32.6 Å². The van der Waals surface area contributed by atoms with Crippen molar-refractivity contribution in [1.29, 1.82) is 0 Å². The van der Waals surface area contributed by atoms with E-state index in [0.717, 1.165) is 11.0 Å². The largest absolute Gasteiger partial charge is 0.391 e. The minimum atomic E-state index is -4.94. The van der Waals surface area contributed by atoms with Crippen molar-refractivity contribution in [1.82, 2.24) is 0 Å². The Morgan fingerprint density at radius 1 is 0.842 bits per heavy atom. The molecule has 0 saturated heterocycles. The number of aliphatic hydroxyl groups is 1. The first-order chi connectivity index (χ1) is 8.62. The predicted molar refractivity (Wildman–Crippen MR) is 62.3 cm³/mol. The molecule has 0 saturated carbocycles. The number of hydrogen-bond donors (Lipinski definition) is 1. The van der Waals surface area contributed by atoms with Crippen LogP contribution in [0.3, 0.4) is 0 Å². The summed E-state index contributed by atoms with van der Waals surface area (Å²) in [4.78, 5) is 0. The molecule has 0 aromatic heterocycles. The van der Waals surface area contributed by atoms with Crippen LogP contribution in [-0.2, 0) is 0 Å². The molecule has 0 aliphatic heterocycles. The third-order valence-corrected chi connectivity index (χ3v) is 2.82. The molecule has 0 aromatic carbocycles. The van der Waals surface area contributed by atoms with Gasteiger partial charge in [-0.3, -0.25) is 0 Å². The number of likely N-dealkylation sites (N-methyl/N-ethyl adjacent to an activating group) is 1. The fourth-order valence-corrected chi connectivity index (χ4v) is 1.70. The Morgan fingerprint density at radius 2 is 1.26 bits per heavy atom. The van der Waals surface area contributed by atoms with Crippen LogP contribution in [-0.4, -0.2) is 43.4 Å². The van der Waals surface area contributed by atoms with E-state index in [9.17, 15) is 0 Å². The summed E-state index contributed by atoms with van der Waals surface area (Å²) in [6, 6.07) is 0. The van der Waals surface area contributed by atoms with Crippen LogP contribution in [0, 0.1) is 10.2 Å². The maximum atomic E-state index is 8.86. The molecule has 0 aliphatic rings. The number of aliphatic hydroxyl groups excluding tert-OH is 1. The van der Waals surface area contributed by atoms with Crippen molar-refractivity contribution in [2.75, 3.05) is 33.8 Å². The van der Waals surface area contributed by atoms with Gasteiger partial charge in [-0.05, 0) is 12.8 Å². The van der Waals surface area contributed by atoms with Crippen LogP contribution in [0.4, 0.5) is 0 Å². The van der Waals surface area contributed by atoms with Gasteiger partial charge in [-0.15, -0.1) is 10.2 Å². The fourth-order valence-electron chi connectivity index (χ4n) is 1.70. The lowest BCUT2D eigenvalue weighted by Gasteiger charge is -2.28. The summed E-state index contributed by atoms with van der Waals surface area (Å²) in [5.74, 6) is 0. The molecule has 0 unspecified atom stereocenters. The summed E-state index contributed by atoms with van der Waals surface area (Å²) < 4.78 is 34.9. The van der Waals surface area contributed by atoms with E-state index < -0.39 is 10.2 Å². The second-order valence-corrected chi connectivity index (χ2v) is 6.01. The molecule has 118 valence electrons. The zero-order valence-corrected chi connectivity index (χ0v) is 13.0. The van der Waals surface area contributed by atoms with E-state index in [1.165, 1.54) is 45.1 Å². The van der Waals surface area contributed by atoms with Gasteiger partial charge in [0.15, 0.2) is 0 Å². The second-order valence-electron chi connectivity index (χ2n) is 5.25. The standard InChI is InChI=1S/C12H28NO.ClHO4/c1-4-5-6-7-8-9-10-13(2,3)11-12-14;2-1(3,4)5/h14H,4-12H2,1-3H3;(H,2,3,4,5)/q+1;/p-1. The van der Waals surface area contributed by atoms with Crippen LogP contribution in [0.15, 0.2) is 0 Å². The third-order valence-electron chi connectivity index (χ3n) is 2.82. The summed E-state index contributed by atoms with van der Waals surface area (Å²) >= 11 is 0. The highest BCUT2D eigenvalue weighted by molar-refractivity contribution is 4.44. The Morgan fingerprint density at radius 3 is 1.68 bits per heavy atom. The average molecular weight is 302 g/mol. The summed E-state index contributed by atoms with van der Waals surface area (Å²) in [6.07, 6.45) is 8.14. The Hall–Kier alpha value is 0.0500. The number of quaternary nitrogens is 1. The van der Waals surface area contributed by atoms with Crippen LogP contribution in [0.5, 0.6) is 0 Å². The first kappa shape index (κ1) is 21.4. The lowest BCUT2D eigenvalue weighted by molar-refractivity contribution is -2.00. The summed E-state index contributed by atoms with van der Waals surface area (Å²) in [5, 5.41) is 8.86. The Kier molecular flexibility index (Phi) is 13.3. The number of nitrogens with zero attached hydrogens (tertiary/aromatic N) is 1. The molecule has 0 aromatic rings. The molecule has 0 aliphatic carbocycles. The van der Waals surface area contributed by atoms with Gasteiger partial charge in [-0.2, -0.15) is 0 Å². The lowest BCUT2D eigenvalue weighted by atomic mass is 10.1. The minimum Gasteiger partial charge on any atom is -0.391 e. The maximum absolute atomic E-state index is 8.86. The van der Waals surface area contributed by atoms with E-state index in [2.05, 4.69) is 21.0 Å². The zero-order valence-electron chi connectivity index (χ0n) is 12.3. The molecule has 0 heterocycles. The normalized spacial score (nSPS) is 12.0. The molecule has 7 heteroatoms. The van der Waals surface area contributed by atoms with Gasteiger partial charge in [0, 0.05) is 0 Å². The van der Waals surface area contributed by atoms with Crippen molar-refractivity contribution in [3.05, 3.63) is 0 Å². The van der Waals surface area contributed by atoms with E-state index >= 15 is 0 Å². The highest BCUT2D eigenvalue weighted by Gasteiger charge is 2.12. The Bertz CT molecular complexity index is 191. The van der Waals surface area contributed by atoms with Gasteiger partial charge in [0.25, 0.3) is 0 Å². The average Bonchev–Trinajstić information content (AvgIpc) is 2.20. The zero-order chi connectivity index (χ0) is 15.4. The molecule has 0 radical (unpaired) electrons. The van der Waals surface area contributed by atoms with Gasteiger partial charge < -0.3 is 9.59 Å². The highest BCUT2D eigenvalue weighted by Crippen LogP contribution is 2.07. The smallest absolute Gasteiger partial charge is 0.102 e. The first-order valence-electron chi connectivity index (χ1n) is 6.67. The minimum absolute atomic E-state index is 0.308. The van der Waals surface area contributed by atoms with E-state index in [1.54, 1.807) is 0 Å². The molecular formula is C12H28ClNO5. The monoisotopic (exact) mass is 301 g/mol. The number of halogens is 1. The topological polar surface area (TPSA) is 112 Å². The molecule has 6 nitrogen and oxygen atoms in total.